The summed E-state index contributed by atoms with van der Waals surface area (Å²) in [5.74, 6) is 1.38. The Hall–Kier alpha value is -3.49. The van der Waals surface area contributed by atoms with E-state index in [2.05, 4.69) is 54.6 Å². The van der Waals surface area contributed by atoms with Crippen molar-refractivity contribution < 1.29 is 14.3 Å². The lowest BCUT2D eigenvalue weighted by Gasteiger charge is -2.26. The highest BCUT2D eigenvalue weighted by atomic mass is 32.2. The number of hydrogen-bond donors (Lipinski definition) is 0. The zero-order valence-corrected chi connectivity index (χ0v) is 25.5. The molecule has 4 aromatic rings. The van der Waals surface area contributed by atoms with Crippen molar-refractivity contribution in [1.29, 1.82) is 0 Å². The Morgan fingerprint density at radius 2 is 1.64 bits per heavy atom. The Balaban J connectivity index is 1.10. The number of hydrogen-bond acceptors (Lipinski definition) is 6. The van der Waals surface area contributed by atoms with Gasteiger partial charge in [0.2, 0.25) is 0 Å². The van der Waals surface area contributed by atoms with E-state index in [9.17, 15) is 9.59 Å². The molecule has 0 spiro atoms. The predicted octanol–water partition coefficient (Wildman–Crippen LogP) is 6.93. The van der Waals surface area contributed by atoms with Gasteiger partial charge >= 0.3 is 0 Å². The summed E-state index contributed by atoms with van der Waals surface area (Å²) in [4.78, 5) is 38.6. The van der Waals surface area contributed by atoms with Gasteiger partial charge in [0.25, 0.3) is 11.8 Å². The van der Waals surface area contributed by atoms with Crippen molar-refractivity contribution in [1.82, 2.24) is 19.4 Å². The van der Waals surface area contributed by atoms with Crippen LogP contribution in [0.2, 0.25) is 0 Å². The molecule has 6 rings (SSSR count). The second kappa shape index (κ2) is 12.0. The quantitative estimate of drug-likeness (QED) is 0.157. The molecule has 2 aliphatic heterocycles. The van der Waals surface area contributed by atoms with Crippen LogP contribution in [0.3, 0.4) is 0 Å². The van der Waals surface area contributed by atoms with Crippen LogP contribution in [0.4, 0.5) is 0 Å². The largest absolute Gasteiger partial charge is 0.381 e. The van der Waals surface area contributed by atoms with Crippen molar-refractivity contribution in [3.8, 4) is 0 Å². The number of pyridine rings is 1. The second-order valence-electron chi connectivity index (χ2n) is 12.4. The SMILES string of the molecule is CC(C)(C)c1nc2cc(Sc3ccnc(CCCCN4C(=O)c5ccccc5C4=O)c3)ccc2n1CC1CCOCC1. The summed E-state index contributed by atoms with van der Waals surface area (Å²) in [6.45, 7) is 9.83. The molecule has 2 amide bonds. The molecule has 8 heteroatoms. The van der Waals surface area contributed by atoms with Crippen LogP contribution in [-0.4, -0.2) is 51.0 Å². The minimum atomic E-state index is -0.188. The molecule has 0 bridgehead atoms. The number of carbonyl (C=O) groups excluding carboxylic acids is 2. The van der Waals surface area contributed by atoms with E-state index in [1.165, 1.54) is 10.4 Å². The summed E-state index contributed by atoms with van der Waals surface area (Å²) in [5.41, 5.74) is 4.22. The van der Waals surface area contributed by atoms with Crippen LogP contribution >= 0.6 is 11.8 Å². The summed E-state index contributed by atoms with van der Waals surface area (Å²) in [7, 11) is 0. The molecule has 42 heavy (non-hydrogen) atoms. The molecule has 1 fully saturated rings. The summed E-state index contributed by atoms with van der Waals surface area (Å²) >= 11 is 1.72. The van der Waals surface area contributed by atoms with Gasteiger partial charge in [-0.2, -0.15) is 0 Å². The van der Waals surface area contributed by atoms with Crippen molar-refractivity contribution >= 4 is 34.6 Å². The van der Waals surface area contributed by atoms with Crippen molar-refractivity contribution in [2.75, 3.05) is 19.8 Å². The number of aromatic nitrogens is 3. The first-order valence-corrected chi connectivity index (χ1v) is 15.8. The molecular formula is C34H38N4O3S. The third kappa shape index (κ3) is 6.01. The first-order valence-electron chi connectivity index (χ1n) is 14.9. The zero-order chi connectivity index (χ0) is 29.3. The number of carbonyl (C=O) groups is 2. The van der Waals surface area contributed by atoms with Gasteiger partial charge in [0, 0.05) is 53.4 Å². The Bertz CT molecular complexity index is 1580. The van der Waals surface area contributed by atoms with E-state index in [4.69, 9.17) is 9.72 Å². The summed E-state index contributed by atoms with van der Waals surface area (Å²) in [5, 5.41) is 0. The normalized spacial score (nSPS) is 16.0. The highest BCUT2D eigenvalue weighted by Crippen LogP contribution is 2.34. The lowest BCUT2D eigenvalue weighted by molar-refractivity contribution is 0.0611. The highest BCUT2D eigenvalue weighted by molar-refractivity contribution is 7.99. The molecule has 4 heterocycles. The van der Waals surface area contributed by atoms with Crippen LogP contribution < -0.4 is 0 Å². The lowest BCUT2D eigenvalue weighted by atomic mass is 9.94. The van der Waals surface area contributed by atoms with Crippen LogP contribution in [0.25, 0.3) is 11.0 Å². The van der Waals surface area contributed by atoms with E-state index >= 15 is 0 Å². The molecule has 2 aromatic carbocycles. The molecule has 1 saturated heterocycles. The standard InChI is InChI=1S/C34H38N4O3S/c1-34(2,3)33-36-29-21-25(11-12-30(29)38(33)22-23-14-18-41-19-15-23)42-26-13-16-35-24(20-26)8-6-7-17-37-31(39)27-9-4-5-10-28(27)32(37)40/h4-5,9-13,16,20-21,23H,6-8,14-15,17-19,22H2,1-3H3. The molecule has 2 aromatic heterocycles. The van der Waals surface area contributed by atoms with Crippen molar-refractivity contribution in [2.45, 2.75) is 74.6 Å². The van der Waals surface area contributed by atoms with E-state index in [1.54, 1.807) is 36.0 Å². The number of aryl methyl sites for hydroxylation is 1. The first kappa shape index (κ1) is 28.6. The van der Waals surface area contributed by atoms with Gasteiger partial charge in [-0.15, -0.1) is 0 Å². The smallest absolute Gasteiger partial charge is 0.261 e. The molecule has 0 unspecified atom stereocenters. The maximum atomic E-state index is 12.6. The predicted molar refractivity (Wildman–Crippen MR) is 165 cm³/mol. The molecular weight excluding hydrogens is 544 g/mol. The van der Waals surface area contributed by atoms with E-state index in [0.717, 1.165) is 78.7 Å². The summed E-state index contributed by atoms with van der Waals surface area (Å²) < 4.78 is 8.03. The minimum absolute atomic E-state index is 0.0448. The number of imidazole rings is 1. The Kier molecular flexibility index (Phi) is 8.19. The van der Waals surface area contributed by atoms with Gasteiger partial charge in [0.15, 0.2) is 0 Å². The molecule has 0 N–H and O–H groups in total. The van der Waals surface area contributed by atoms with Gasteiger partial charge < -0.3 is 9.30 Å². The molecule has 0 aliphatic carbocycles. The van der Waals surface area contributed by atoms with E-state index < -0.39 is 0 Å². The number of imide groups is 1. The first-order chi connectivity index (χ1) is 20.3. The highest BCUT2D eigenvalue weighted by Gasteiger charge is 2.34. The number of amides is 2. The second-order valence-corrected chi connectivity index (χ2v) is 13.5. The molecule has 0 atom stereocenters. The Labute approximate surface area is 251 Å². The minimum Gasteiger partial charge on any atom is -0.381 e. The fourth-order valence-electron chi connectivity index (χ4n) is 5.93. The number of ether oxygens (including phenoxy) is 1. The number of fused-ring (bicyclic) bond motifs is 2. The molecule has 218 valence electrons. The van der Waals surface area contributed by atoms with Crippen LogP contribution in [0, 0.1) is 5.92 Å². The van der Waals surface area contributed by atoms with Gasteiger partial charge in [0.1, 0.15) is 5.82 Å². The molecule has 2 aliphatic rings. The summed E-state index contributed by atoms with van der Waals surface area (Å²) in [6, 6.07) is 17.9. The number of benzene rings is 2. The van der Waals surface area contributed by atoms with E-state index in [0.29, 0.717) is 23.6 Å². The maximum Gasteiger partial charge on any atom is 0.261 e. The average molecular weight is 583 g/mol. The van der Waals surface area contributed by atoms with Crippen molar-refractivity contribution in [3.63, 3.8) is 0 Å². The molecule has 0 radical (unpaired) electrons. The Morgan fingerprint density at radius 3 is 2.36 bits per heavy atom. The fourth-order valence-corrected chi connectivity index (χ4v) is 6.83. The van der Waals surface area contributed by atoms with Gasteiger partial charge in [0.05, 0.1) is 22.2 Å². The zero-order valence-electron chi connectivity index (χ0n) is 24.6. The van der Waals surface area contributed by atoms with Gasteiger partial charge in [-0.1, -0.05) is 44.7 Å². The van der Waals surface area contributed by atoms with Crippen LogP contribution in [-0.2, 0) is 23.1 Å². The third-order valence-corrected chi connectivity index (χ3v) is 9.12. The summed E-state index contributed by atoms with van der Waals surface area (Å²) in [6.07, 6.45) is 6.45. The van der Waals surface area contributed by atoms with Crippen molar-refractivity contribution in [3.05, 3.63) is 83.4 Å². The maximum absolute atomic E-state index is 12.6. The molecule has 0 saturated carbocycles. The third-order valence-electron chi connectivity index (χ3n) is 8.14. The lowest BCUT2D eigenvalue weighted by Crippen LogP contribution is -2.30. The number of unbranched alkanes of at least 4 members (excludes halogenated alkanes) is 1. The fraction of sp³-hybridized carbons (Fsp3) is 0.412. The van der Waals surface area contributed by atoms with E-state index in [1.807, 2.05) is 12.3 Å². The van der Waals surface area contributed by atoms with Crippen LogP contribution in [0.15, 0.2) is 70.6 Å². The molecule has 7 nitrogen and oxygen atoms in total. The van der Waals surface area contributed by atoms with Crippen LogP contribution in [0.5, 0.6) is 0 Å². The van der Waals surface area contributed by atoms with Gasteiger partial charge in [-0.05, 0) is 80.5 Å². The topological polar surface area (TPSA) is 77.3 Å². The number of nitrogens with zero attached hydrogens (tertiary/aromatic N) is 4. The number of rotatable bonds is 9. The van der Waals surface area contributed by atoms with Gasteiger partial charge in [-0.25, -0.2) is 4.98 Å². The monoisotopic (exact) mass is 582 g/mol. The average Bonchev–Trinajstić information content (AvgIpc) is 3.46. The van der Waals surface area contributed by atoms with Crippen LogP contribution in [0.1, 0.15) is 78.7 Å². The van der Waals surface area contributed by atoms with Crippen molar-refractivity contribution in [2.24, 2.45) is 5.92 Å². The Morgan fingerprint density at radius 1 is 0.929 bits per heavy atom. The van der Waals surface area contributed by atoms with Gasteiger partial charge in [-0.3, -0.25) is 19.5 Å². The van der Waals surface area contributed by atoms with E-state index in [-0.39, 0.29) is 17.2 Å².